The number of methoxy groups -OCH3 is 1. The fourth-order valence-electron chi connectivity index (χ4n) is 3.51. The van der Waals surface area contributed by atoms with E-state index in [1.165, 1.54) is 16.7 Å². The molecular weight excluding hydrogens is 236 g/mol. The summed E-state index contributed by atoms with van der Waals surface area (Å²) in [6.07, 6.45) is 3.83. The highest BCUT2D eigenvalue weighted by Crippen LogP contribution is 2.48. The summed E-state index contributed by atoms with van der Waals surface area (Å²) in [5.74, 6) is 1.23. The number of aliphatic hydroxyl groups is 1. The summed E-state index contributed by atoms with van der Waals surface area (Å²) < 4.78 is 5.37. The van der Waals surface area contributed by atoms with Crippen molar-refractivity contribution in [1.29, 1.82) is 0 Å². The van der Waals surface area contributed by atoms with Crippen molar-refractivity contribution in [2.45, 2.75) is 31.8 Å². The first-order valence-corrected chi connectivity index (χ1v) is 6.96. The zero-order chi connectivity index (χ0) is 13.4. The second-order valence-electron chi connectivity index (χ2n) is 5.45. The van der Waals surface area contributed by atoms with Gasteiger partial charge in [0.05, 0.1) is 13.2 Å². The van der Waals surface area contributed by atoms with Gasteiger partial charge in [0.25, 0.3) is 0 Å². The van der Waals surface area contributed by atoms with E-state index in [0.29, 0.717) is 5.92 Å². The number of ether oxygens (including phenoxy) is 1. The Hall–Kier alpha value is -1.54. The Labute approximate surface area is 114 Å². The van der Waals surface area contributed by atoms with Gasteiger partial charge in [0, 0.05) is 0 Å². The third-order valence-corrected chi connectivity index (χ3v) is 4.41. The van der Waals surface area contributed by atoms with Crippen LogP contribution in [0.15, 0.2) is 42.2 Å². The van der Waals surface area contributed by atoms with E-state index in [9.17, 15) is 5.11 Å². The van der Waals surface area contributed by atoms with Gasteiger partial charge >= 0.3 is 0 Å². The molecule has 1 aromatic carbocycles. The van der Waals surface area contributed by atoms with Crippen LogP contribution in [0.4, 0.5) is 0 Å². The summed E-state index contributed by atoms with van der Waals surface area (Å²) in [6, 6.07) is 8.19. The molecule has 0 spiro atoms. The molecule has 0 heterocycles. The van der Waals surface area contributed by atoms with Gasteiger partial charge in [0.1, 0.15) is 5.76 Å². The Bertz CT molecular complexity index is 542. The molecule has 0 radical (unpaired) electrons. The summed E-state index contributed by atoms with van der Waals surface area (Å²) in [5, 5.41) is 10.3. The molecule has 0 amide bonds. The van der Waals surface area contributed by atoms with Gasteiger partial charge in [-0.15, -0.1) is 0 Å². The van der Waals surface area contributed by atoms with Crippen LogP contribution >= 0.6 is 0 Å². The van der Waals surface area contributed by atoms with E-state index in [0.717, 1.165) is 37.0 Å². The molecule has 1 N–H and O–H groups in total. The molecule has 0 bridgehead atoms. The highest BCUT2D eigenvalue weighted by Gasteiger charge is 2.34. The van der Waals surface area contributed by atoms with E-state index in [2.05, 4.69) is 12.6 Å². The lowest BCUT2D eigenvalue weighted by Crippen LogP contribution is -2.22. The van der Waals surface area contributed by atoms with E-state index >= 15 is 0 Å². The second kappa shape index (κ2) is 4.86. The van der Waals surface area contributed by atoms with Gasteiger partial charge in [-0.3, -0.25) is 0 Å². The van der Waals surface area contributed by atoms with Crippen LogP contribution in [0.25, 0.3) is 5.57 Å². The van der Waals surface area contributed by atoms with Crippen LogP contribution in [0.3, 0.4) is 0 Å². The smallest absolute Gasteiger partial charge is 0.115 e. The van der Waals surface area contributed by atoms with Gasteiger partial charge in [0.15, 0.2) is 0 Å². The van der Waals surface area contributed by atoms with Crippen LogP contribution in [0, 0.1) is 5.92 Å². The van der Waals surface area contributed by atoms with E-state index in [1.54, 1.807) is 7.11 Å². The molecule has 2 aliphatic rings. The summed E-state index contributed by atoms with van der Waals surface area (Å²) in [6.45, 7) is 4.04. The van der Waals surface area contributed by atoms with Crippen molar-refractivity contribution in [2.24, 2.45) is 5.92 Å². The van der Waals surface area contributed by atoms with E-state index < -0.39 is 0 Å². The molecule has 19 heavy (non-hydrogen) atoms. The van der Waals surface area contributed by atoms with E-state index in [-0.39, 0.29) is 6.10 Å². The summed E-state index contributed by atoms with van der Waals surface area (Å²) in [5.41, 5.74) is 4.85. The van der Waals surface area contributed by atoms with Gasteiger partial charge in [-0.25, -0.2) is 0 Å². The van der Waals surface area contributed by atoms with Crippen LogP contribution < -0.4 is 0 Å². The molecule has 0 aliphatic heterocycles. The van der Waals surface area contributed by atoms with Gasteiger partial charge in [0.2, 0.25) is 0 Å². The van der Waals surface area contributed by atoms with Crippen LogP contribution in [0.2, 0.25) is 0 Å². The minimum atomic E-state index is -0.333. The van der Waals surface area contributed by atoms with Gasteiger partial charge in [-0.05, 0) is 53.9 Å². The first-order chi connectivity index (χ1) is 9.22. The normalized spacial score (nSPS) is 25.6. The van der Waals surface area contributed by atoms with Crippen LogP contribution in [-0.2, 0) is 4.74 Å². The maximum absolute atomic E-state index is 10.3. The molecule has 3 rings (SSSR count). The lowest BCUT2D eigenvalue weighted by atomic mass is 9.70. The fraction of sp³-hybridized carbons (Fsp3) is 0.412. The Morgan fingerprint density at radius 2 is 2.16 bits per heavy atom. The zero-order valence-electron chi connectivity index (χ0n) is 11.4. The molecule has 2 atom stereocenters. The molecule has 100 valence electrons. The third kappa shape index (κ3) is 2.00. The molecule has 0 aromatic heterocycles. The third-order valence-electron chi connectivity index (χ3n) is 4.41. The lowest BCUT2D eigenvalue weighted by molar-refractivity contribution is 0.145. The van der Waals surface area contributed by atoms with Crippen molar-refractivity contribution in [3.63, 3.8) is 0 Å². The number of hydrogen-bond acceptors (Lipinski definition) is 2. The molecule has 2 nitrogen and oxygen atoms in total. The highest BCUT2D eigenvalue weighted by molar-refractivity contribution is 5.77. The van der Waals surface area contributed by atoms with E-state index in [4.69, 9.17) is 4.74 Å². The van der Waals surface area contributed by atoms with Crippen molar-refractivity contribution >= 4 is 5.57 Å². The highest BCUT2D eigenvalue weighted by atomic mass is 16.5. The molecule has 2 heteroatoms. The molecular formula is C17H20O2. The van der Waals surface area contributed by atoms with Gasteiger partial charge < -0.3 is 9.84 Å². The van der Waals surface area contributed by atoms with Crippen LogP contribution in [0.5, 0.6) is 0 Å². The Balaban J connectivity index is 2.20. The Morgan fingerprint density at radius 3 is 2.95 bits per heavy atom. The number of hydrogen-bond donors (Lipinski definition) is 1. The second-order valence-corrected chi connectivity index (χ2v) is 5.45. The maximum Gasteiger partial charge on any atom is 0.115 e. The van der Waals surface area contributed by atoms with Crippen LogP contribution in [0.1, 0.15) is 42.9 Å². The average Bonchev–Trinajstić information content (AvgIpc) is 2.46. The molecule has 0 saturated heterocycles. The summed E-state index contributed by atoms with van der Waals surface area (Å²) >= 11 is 0. The predicted molar refractivity (Wildman–Crippen MR) is 76.4 cm³/mol. The molecule has 1 aromatic rings. The number of allylic oxidation sites excluding steroid dienone is 2. The molecule has 0 unspecified atom stereocenters. The zero-order valence-corrected chi connectivity index (χ0v) is 11.4. The van der Waals surface area contributed by atoms with Crippen molar-refractivity contribution in [3.05, 3.63) is 53.3 Å². The Morgan fingerprint density at radius 1 is 1.37 bits per heavy atom. The lowest BCUT2D eigenvalue weighted by Gasteiger charge is -2.36. The first kappa shape index (κ1) is 12.5. The molecule has 2 aliphatic carbocycles. The minimum Gasteiger partial charge on any atom is -0.497 e. The quantitative estimate of drug-likeness (QED) is 0.815. The number of fused-ring (bicyclic) bond motifs is 3. The summed E-state index contributed by atoms with van der Waals surface area (Å²) in [4.78, 5) is 0. The minimum absolute atomic E-state index is 0.333. The Kier molecular flexibility index (Phi) is 3.19. The van der Waals surface area contributed by atoms with Crippen LogP contribution in [-0.4, -0.2) is 12.2 Å². The topological polar surface area (TPSA) is 29.5 Å². The molecule has 0 fully saturated rings. The fourth-order valence-corrected chi connectivity index (χ4v) is 3.51. The maximum atomic E-state index is 10.3. The monoisotopic (exact) mass is 256 g/mol. The SMILES string of the molecule is C=C(OC)C1=C2c3ccccc3[C@@H](O)C[C@H]2CCC1. The predicted octanol–water partition coefficient (Wildman–Crippen LogP) is 3.84. The summed E-state index contributed by atoms with van der Waals surface area (Å²) in [7, 11) is 1.68. The molecule has 0 saturated carbocycles. The van der Waals surface area contributed by atoms with Gasteiger partial charge in [-0.2, -0.15) is 0 Å². The number of benzene rings is 1. The largest absolute Gasteiger partial charge is 0.497 e. The first-order valence-electron chi connectivity index (χ1n) is 6.96. The van der Waals surface area contributed by atoms with Crippen molar-refractivity contribution in [1.82, 2.24) is 0 Å². The standard InChI is InChI=1S/C17H20O2/c1-11(19-2)13-9-5-6-12-10-16(18)14-7-3-4-8-15(14)17(12)13/h3-4,7-8,12,16,18H,1,5-6,9-10H2,2H3/t12-,16+/m1/s1. The van der Waals surface area contributed by atoms with Crippen molar-refractivity contribution in [3.8, 4) is 0 Å². The number of aliphatic hydroxyl groups excluding tert-OH is 1. The van der Waals surface area contributed by atoms with Gasteiger partial charge in [-0.1, -0.05) is 30.8 Å². The van der Waals surface area contributed by atoms with Crippen molar-refractivity contribution in [2.75, 3.05) is 7.11 Å². The number of rotatable bonds is 2. The van der Waals surface area contributed by atoms with Crippen molar-refractivity contribution < 1.29 is 9.84 Å². The average molecular weight is 256 g/mol. The van der Waals surface area contributed by atoms with E-state index in [1.807, 2.05) is 18.2 Å².